The summed E-state index contributed by atoms with van der Waals surface area (Å²) in [4.78, 5) is 24.8. The second-order valence-corrected chi connectivity index (χ2v) is 4.64. The van der Waals surface area contributed by atoms with E-state index >= 15 is 0 Å². The quantitative estimate of drug-likeness (QED) is 0.738. The SMILES string of the molecule is CC(=O)N1CCCC[C@H]1c1ccc(=O)n(C)c1. The van der Waals surface area contributed by atoms with E-state index in [1.54, 1.807) is 24.6 Å². The molecule has 0 aromatic carbocycles. The minimum Gasteiger partial charge on any atom is -0.336 e. The fourth-order valence-corrected chi connectivity index (χ4v) is 2.47. The number of aromatic nitrogens is 1. The lowest BCUT2D eigenvalue weighted by molar-refractivity contribution is -0.132. The molecule has 0 saturated carbocycles. The summed E-state index contributed by atoms with van der Waals surface area (Å²) in [5, 5.41) is 0. The number of piperidine rings is 1. The molecule has 1 aromatic rings. The lowest BCUT2D eigenvalue weighted by Crippen LogP contribution is -2.37. The molecule has 2 rings (SSSR count). The Morgan fingerprint density at radius 1 is 1.35 bits per heavy atom. The first-order valence-electron chi connectivity index (χ1n) is 6.03. The van der Waals surface area contributed by atoms with E-state index in [1.165, 1.54) is 0 Å². The number of hydrogen-bond acceptors (Lipinski definition) is 2. The van der Waals surface area contributed by atoms with E-state index in [9.17, 15) is 9.59 Å². The second-order valence-electron chi connectivity index (χ2n) is 4.64. The summed E-state index contributed by atoms with van der Waals surface area (Å²) in [6, 6.07) is 3.55. The molecule has 1 amide bonds. The summed E-state index contributed by atoms with van der Waals surface area (Å²) in [6.45, 7) is 2.43. The van der Waals surface area contributed by atoms with Gasteiger partial charge in [0.15, 0.2) is 0 Å². The Balaban J connectivity index is 2.32. The Hall–Kier alpha value is -1.58. The number of amides is 1. The highest BCUT2D eigenvalue weighted by Crippen LogP contribution is 2.30. The predicted molar refractivity (Wildman–Crippen MR) is 65.7 cm³/mol. The molecule has 1 aliphatic rings. The fraction of sp³-hybridized carbons (Fsp3) is 0.538. The van der Waals surface area contributed by atoms with Crippen molar-refractivity contribution >= 4 is 5.91 Å². The topological polar surface area (TPSA) is 42.3 Å². The maximum Gasteiger partial charge on any atom is 0.250 e. The van der Waals surface area contributed by atoms with Crippen LogP contribution in [0.5, 0.6) is 0 Å². The molecule has 1 saturated heterocycles. The van der Waals surface area contributed by atoms with Crippen LogP contribution < -0.4 is 5.56 Å². The smallest absolute Gasteiger partial charge is 0.250 e. The third-order valence-corrected chi connectivity index (χ3v) is 3.40. The average Bonchev–Trinajstić information content (AvgIpc) is 2.32. The molecule has 4 heteroatoms. The van der Waals surface area contributed by atoms with E-state index < -0.39 is 0 Å². The number of pyridine rings is 1. The summed E-state index contributed by atoms with van der Waals surface area (Å²) in [5.41, 5.74) is 1.04. The van der Waals surface area contributed by atoms with Gasteiger partial charge in [0.2, 0.25) is 11.5 Å². The van der Waals surface area contributed by atoms with Gasteiger partial charge in [-0.1, -0.05) is 6.07 Å². The highest BCUT2D eigenvalue weighted by atomic mass is 16.2. The number of rotatable bonds is 1. The molecule has 92 valence electrons. The molecule has 1 aliphatic heterocycles. The van der Waals surface area contributed by atoms with E-state index in [0.717, 1.165) is 31.4 Å². The normalized spacial score (nSPS) is 20.4. The summed E-state index contributed by atoms with van der Waals surface area (Å²) < 4.78 is 1.57. The molecule has 0 radical (unpaired) electrons. The van der Waals surface area contributed by atoms with Crippen molar-refractivity contribution < 1.29 is 4.79 Å². The molecular formula is C13H18N2O2. The highest BCUT2D eigenvalue weighted by molar-refractivity contribution is 5.73. The Kier molecular flexibility index (Phi) is 3.31. The molecule has 17 heavy (non-hydrogen) atoms. The summed E-state index contributed by atoms with van der Waals surface area (Å²) in [5.74, 6) is 0.114. The van der Waals surface area contributed by atoms with Gasteiger partial charge in [0.25, 0.3) is 0 Å². The Morgan fingerprint density at radius 3 is 2.76 bits per heavy atom. The monoisotopic (exact) mass is 234 g/mol. The fourth-order valence-electron chi connectivity index (χ4n) is 2.47. The van der Waals surface area contributed by atoms with Crippen molar-refractivity contribution in [1.29, 1.82) is 0 Å². The van der Waals surface area contributed by atoms with Gasteiger partial charge in [0.1, 0.15) is 0 Å². The van der Waals surface area contributed by atoms with Gasteiger partial charge >= 0.3 is 0 Å². The number of carbonyl (C=O) groups excluding carboxylic acids is 1. The third-order valence-electron chi connectivity index (χ3n) is 3.40. The minimum atomic E-state index is -0.0149. The van der Waals surface area contributed by atoms with E-state index in [4.69, 9.17) is 0 Å². The maximum atomic E-state index is 11.6. The van der Waals surface area contributed by atoms with Crippen molar-refractivity contribution in [1.82, 2.24) is 9.47 Å². The number of hydrogen-bond donors (Lipinski definition) is 0. The first-order chi connectivity index (χ1) is 8.09. The van der Waals surface area contributed by atoms with Gasteiger partial charge < -0.3 is 9.47 Å². The molecule has 1 aromatic heterocycles. The van der Waals surface area contributed by atoms with Crippen molar-refractivity contribution in [2.45, 2.75) is 32.2 Å². The molecule has 0 spiro atoms. The van der Waals surface area contributed by atoms with Crippen molar-refractivity contribution in [2.75, 3.05) is 6.54 Å². The Labute approximate surface area is 101 Å². The molecule has 0 aliphatic carbocycles. The molecule has 0 bridgehead atoms. The van der Waals surface area contributed by atoms with Crippen LogP contribution >= 0.6 is 0 Å². The Morgan fingerprint density at radius 2 is 2.12 bits per heavy atom. The van der Waals surface area contributed by atoms with Crippen molar-refractivity contribution in [3.05, 3.63) is 34.2 Å². The van der Waals surface area contributed by atoms with E-state index in [0.29, 0.717) is 0 Å². The highest BCUT2D eigenvalue weighted by Gasteiger charge is 2.25. The summed E-state index contributed by atoms with van der Waals surface area (Å²) >= 11 is 0. The van der Waals surface area contributed by atoms with Crippen LogP contribution in [-0.2, 0) is 11.8 Å². The number of likely N-dealkylation sites (tertiary alicyclic amines) is 1. The third kappa shape index (κ3) is 2.40. The van der Waals surface area contributed by atoms with Crippen LogP contribution in [0.2, 0.25) is 0 Å². The number of carbonyl (C=O) groups is 1. The van der Waals surface area contributed by atoms with Crippen LogP contribution in [-0.4, -0.2) is 21.9 Å². The van der Waals surface area contributed by atoms with Crippen molar-refractivity contribution in [3.8, 4) is 0 Å². The zero-order chi connectivity index (χ0) is 12.4. The maximum absolute atomic E-state index is 11.6. The Bertz CT molecular complexity index is 479. The van der Waals surface area contributed by atoms with Crippen LogP contribution in [0.25, 0.3) is 0 Å². The van der Waals surface area contributed by atoms with E-state index in [2.05, 4.69) is 0 Å². The number of aryl methyl sites for hydroxylation is 1. The van der Waals surface area contributed by atoms with Gasteiger partial charge in [0.05, 0.1) is 6.04 Å². The second kappa shape index (κ2) is 4.73. The summed E-state index contributed by atoms with van der Waals surface area (Å²) in [6.07, 6.45) is 5.03. The molecule has 0 N–H and O–H groups in total. The van der Waals surface area contributed by atoms with E-state index in [-0.39, 0.29) is 17.5 Å². The van der Waals surface area contributed by atoms with Gasteiger partial charge in [-0.15, -0.1) is 0 Å². The molecule has 1 fully saturated rings. The standard InChI is InChI=1S/C13H18N2O2/c1-10(16)15-8-4-3-5-12(15)11-6-7-13(17)14(2)9-11/h6-7,9,12H,3-5,8H2,1-2H3/t12-/m0/s1. The van der Waals surface area contributed by atoms with Gasteiger partial charge in [0, 0.05) is 32.8 Å². The first-order valence-corrected chi connectivity index (χ1v) is 6.03. The minimum absolute atomic E-state index is 0.0149. The average molecular weight is 234 g/mol. The van der Waals surface area contributed by atoms with Crippen molar-refractivity contribution in [2.24, 2.45) is 7.05 Å². The lowest BCUT2D eigenvalue weighted by atomic mass is 9.96. The van der Waals surface area contributed by atoms with Gasteiger partial charge in [-0.2, -0.15) is 0 Å². The van der Waals surface area contributed by atoms with Crippen LogP contribution in [0.1, 0.15) is 37.8 Å². The van der Waals surface area contributed by atoms with Gasteiger partial charge in [-0.3, -0.25) is 9.59 Å². The number of nitrogens with zero attached hydrogens (tertiary/aromatic N) is 2. The predicted octanol–water partition coefficient (Wildman–Crippen LogP) is 1.46. The molecule has 0 unspecified atom stereocenters. The lowest BCUT2D eigenvalue weighted by Gasteiger charge is -2.35. The van der Waals surface area contributed by atoms with Gasteiger partial charge in [-0.25, -0.2) is 0 Å². The zero-order valence-electron chi connectivity index (χ0n) is 10.3. The largest absolute Gasteiger partial charge is 0.336 e. The van der Waals surface area contributed by atoms with Crippen LogP contribution in [0.15, 0.2) is 23.1 Å². The first kappa shape index (κ1) is 11.9. The van der Waals surface area contributed by atoms with Gasteiger partial charge in [-0.05, 0) is 24.8 Å². The molecule has 2 heterocycles. The molecule has 1 atom stereocenters. The molecular weight excluding hydrogens is 216 g/mol. The van der Waals surface area contributed by atoms with Crippen LogP contribution in [0.4, 0.5) is 0 Å². The van der Waals surface area contributed by atoms with Crippen LogP contribution in [0.3, 0.4) is 0 Å². The summed E-state index contributed by atoms with van der Waals surface area (Å²) in [7, 11) is 1.74. The zero-order valence-corrected chi connectivity index (χ0v) is 10.3. The van der Waals surface area contributed by atoms with Crippen molar-refractivity contribution in [3.63, 3.8) is 0 Å². The van der Waals surface area contributed by atoms with E-state index in [1.807, 2.05) is 17.2 Å². The van der Waals surface area contributed by atoms with Crippen LogP contribution in [0, 0.1) is 0 Å². The molecule has 4 nitrogen and oxygen atoms in total.